The maximum atomic E-state index is 5.64. The van der Waals surface area contributed by atoms with E-state index in [0.29, 0.717) is 11.8 Å². The maximum absolute atomic E-state index is 5.64. The molecule has 0 bridgehead atoms. The first-order valence-corrected chi connectivity index (χ1v) is 9.23. The van der Waals surface area contributed by atoms with Crippen LogP contribution in [0.1, 0.15) is 29.5 Å². The molecular formula is C20H20INO2. The molecule has 0 aromatic heterocycles. The van der Waals surface area contributed by atoms with Gasteiger partial charge in [0.25, 0.3) is 0 Å². The number of methoxy groups -OCH3 is 2. The molecule has 0 saturated heterocycles. The fourth-order valence-corrected chi connectivity index (χ4v) is 4.47. The topological polar surface area (TPSA) is 30.5 Å². The van der Waals surface area contributed by atoms with E-state index in [1.54, 1.807) is 14.2 Å². The number of nitrogens with one attached hydrogen (secondary N) is 1. The molecule has 24 heavy (non-hydrogen) atoms. The van der Waals surface area contributed by atoms with Crippen LogP contribution in [0.3, 0.4) is 0 Å². The highest BCUT2D eigenvalue weighted by atomic mass is 127. The summed E-state index contributed by atoms with van der Waals surface area (Å²) in [6.07, 6.45) is 5.75. The Balaban J connectivity index is 1.81. The lowest BCUT2D eigenvalue weighted by atomic mass is 9.77. The third-order valence-electron chi connectivity index (χ3n) is 5.10. The number of rotatable bonds is 3. The van der Waals surface area contributed by atoms with Gasteiger partial charge in [0.15, 0.2) is 0 Å². The molecule has 1 aliphatic heterocycles. The standard InChI is InChI=1S/C20H20INO2/c1-23-13-7-9-19(24-2)17(11-13)20-15-5-3-4-14(15)16-10-12(21)6-8-18(16)22-20/h3-4,6-11,14-15,20,22H,5H2,1-2H3/t14-,15-,20-/m0/s1. The highest BCUT2D eigenvalue weighted by Gasteiger charge is 2.39. The van der Waals surface area contributed by atoms with Gasteiger partial charge in [-0.1, -0.05) is 12.2 Å². The van der Waals surface area contributed by atoms with E-state index in [1.807, 2.05) is 12.1 Å². The lowest BCUT2D eigenvalue weighted by Crippen LogP contribution is -2.29. The molecule has 1 aliphatic carbocycles. The average Bonchev–Trinajstić information content (AvgIpc) is 3.10. The second-order valence-electron chi connectivity index (χ2n) is 6.31. The first kappa shape index (κ1) is 15.8. The van der Waals surface area contributed by atoms with E-state index in [-0.39, 0.29) is 6.04 Å². The SMILES string of the molecule is COc1ccc(OC)c([C@H]2Nc3ccc(I)cc3[C@H]3C=CC[C@@H]32)c1. The van der Waals surface area contributed by atoms with Gasteiger partial charge in [-0.05, 0) is 76.9 Å². The molecule has 0 fully saturated rings. The van der Waals surface area contributed by atoms with Gasteiger partial charge in [-0.25, -0.2) is 0 Å². The summed E-state index contributed by atoms with van der Waals surface area (Å²) in [6, 6.07) is 12.9. The molecule has 0 unspecified atom stereocenters. The number of fused-ring (bicyclic) bond motifs is 3. The first-order chi connectivity index (χ1) is 11.7. The number of allylic oxidation sites excluding steroid dienone is 2. The molecule has 1 N–H and O–H groups in total. The van der Waals surface area contributed by atoms with Crippen LogP contribution in [0.2, 0.25) is 0 Å². The van der Waals surface area contributed by atoms with Gasteiger partial charge in [0.05, 0.1) is 20.3 Å². The molecule has 0 radical (unpaired) electrons. The van der Waals surface area contributed by atoms with Gasteiger partial charge in [-0.15, -0.1) is 0 Å². The molecule has 0 spiro atoms. The Morgan fingerprint density at radius 1 is 1.04 bits per heavy atom. The summed E-state index contributed by atoms with van der Waals surface area (Å²) in [5.74, 6) is 2.73. The second kappa shape index (κ2) is 6.31. The van der Waals surface area contributed by atoms with Crippen LogP contribution >= 0.6 is 22.6 Å². The van der Waals surface area contributed by atoms with E-state index in [9.17, 15) is 0 Å². The highest BCUT2D eigenvalue weighted by molar-refractivity contribution is 14.1. The van der Waals surface area contributed by atoms with Crippen molar-refractivity contribution < 1.29 is 9.47 Å². The third kappa shape index (κ3) is 2.57. The molecule has 2 aromatic carbocycles. The fraction of sp³-hybridized carbons (Fsp3) is 0.300. The van der Waals surface area contributed by atoms with Crippen LogP contribution in [0.25, 0.3) is 0 Å². The molecule has 2 aliphatic rings. The molecule has 4 rings (SSSR count). The quantitative estimate of drug-likeness (QED) is 0.538. The van der Waals surface area contributed by atoms with Gasteiger partial charge in [-0.3, -0.25) is 0 Å². The molecule has 0 saturated carbocycles. The fourth-order valence-electron chi connectivity index (χ4n) is 3.96. The van der Waals surface area contributed by atoms with E-state index >= 15 is 0 Å². The summed E-state index contributed by atoms with van der Waals surface area (Å²) in [7, 11) is 3.44. The van der Waals surface area contributed by atoms with Gasteiger partial charge < -0.3 is 14.8 Å². The van der Waals surface area contributed by atoms with Crippen molar-refractivity contribution in [3.05, 3.63) is 63.2 Å². The maximum Gasteiger partial charge on any atom is 0.124 e. The Kier molecular flexibility index (Phi) is 4.16. The summed E-state index contributed by atoms with van der Waals surface area (Å²) in [4.78, 5) is 0. The van der Waals surface area contributed by atoms with Crippen LogP contribution in [0, 0.1) is 9.49 Å². The zero-order valence-electron chi connectivity index (χ0n) is 13.8. The van der Waals surface area contributed by atoms with Crippen molar-refractivity contribution in [2.45, 2.75) is 18.4 Å². The lowest BCUT2D eigenvalue weighted by Gasteiger charge is -2.38. The van der Waals surface area contributed by atoms with Gasteiger partial charge >= 0.3 is 0 Å². The monoisotopic (exact) mass is 433 g/mol. The smallest absolute Gasteiger partial charge is 0.124 e. The summed E-state index contributed by atoms with van der Waals surface area (Å²) in [5, 5.41) is 3.76. The predicted octanol–water partition coefficient (Wildman–Crippen LogP) is 5.13. The van der Waals surface area contributed by atoms with E-state index in [1.165, 1.54) is 20.4 Å². The van der Waals surface area contributed by atoms with E-state index in [0.717, 1.165) is 17.9 Å². The molecule has 2 aromatic rings. The van der Waals surface area contributed by atoms with E-state index in [2.05, 4.69) is 64.3 Å². The second-order valence-corrected chi connectivity index (χ2v) is 7.56. The number of ether oxygens (including phenoxy) is 2. The molecule has 3 atom stereocenters. The van der Waals surface area contributed by atoms with Gasteiger partial charge in [0.2, 0.25) is 0 Å². The number of halogens is 1. The Morgan fingerprint density at radius 2 is 1.92 bits per heavy atom. The van der Waals surface area contributed by atoms with E-state index < -0.39 is 0 Å². The van der Waals surface area contributed by atoms with Crippen LogP contribution in [-0.2, 0) is 0 Å². The normalized spacial score (nSPS) is 24.0. The molecule has 124 valence electrons. The minimum absolute atomic E-state index is 0.211. The Bertz CT molecular complexity index is 802. The molecule has 0 amide bonds. The number of hydrogen-bond donors (Lipinski definition) is 1. The first-order valence-electron chi connectivity index (χ1n) is 8.16. The summed E-state index contributed by atoms with van der Waals surface area (Å²) >= 11 is 2.39. The third-order valence-corrected chi connectivity index (χ3v) is 5.77. The minimum Gasteiger partial charge on any atom is -0.497 e. The van der Waals surface area contributed by atoms with Crippen LogP contribution in [0.5, 0.6) is 11.5 Å². The van der Waals surface area contributed by atoms with E-state index in [4.69, 9.17) is 9.47 Å². The van der Waals surface area contributed by atoms with Crippen molar-refractivity contribution in [2.75, 3.05) is 19.5 Å². The predicted molar refractivity (Wildman–Crippen MR) is 105 cm³/mol. The summed E-state index contributed by atoms with van der Waals surface area (Å²) in [5.41, 5.74) is 3.79. The lowest BCUT2D eigenvalue weighted by molar-refractivity contribution is 0.374. The Hall–Kier alpha value is -1.69. The van der Waals surface area contributed by atoms with Crippen LogP contribution in [-0.4, -0.2) is 14.2 Å². The van der Waals surface area contributed by atoms with Crippen LogP contribution in [0.15, 0.2) is 48.6 Å². The van der Waals surface area contributed by atoms with Crippen LogP contribution < -0.4 is 14.8 Å². The molecule has 1 heterocycles. The summed E-state index contributed by atoms with van der Waals surface area (Å²) < 4.78 is 12.4. The van der Waals surface area contributed by atoms with Crippen molar-refractivity contribution in [3.8, 4) is 11.5 Å². The number of anilines is 1. The van der Waals surface area contributed by atoms with Crippen molar-refractivity contribution in [1.82, 2.24) is 0 Å². The molecular weight excluding hydrogens is 413 g/mol. The minimum atomic E-state index is 0.211. The average molecular weight is 433 g/mol. The number of hydrogen-bond acceptors (Lipinski definition) is 3. The van der Waals surface area contributed by atoms with Crippen molar-refractivity contribution in [1.29, 1.82) is 0 Å². The van der Waals surface area contributed by atoms with Crippen molar-refractivity contribution in [2.24, 2.45) is 5.92 Å². The Labute approximate surface area is 156 Å². The largest absolute Gasteiger partial charge is 0.497 e. The van der Waals surface area contributed by atoms with Crippen LogP contribution in [0.4, 0.5) is 5.69 Å². The molecule has 3 nitrogen and oxygen atoms in total. The summed E-state index contributed by atoms with van der Waals surface area (Å²) in [6.45, 7) is 0. The zero-order chi connectivity index (χ0) is 16.7. The number of benzene rings is 2. The Morgan fingerprint density at radius 3 is 2.71 bits per heavy atom. The van der Waals surface area contributed by atoms with Gasteiger partial charge in [0.1, 0.15) is 11.5 Å². The highest BCUT2D eigenvalue weighted by Crippen LogP contribution is 2.51. The zero-order valence-corrected chi connectivity index (χ0v) is 15.9. The van der Waals surface area contributed by atoms with Crippen molar-refractivity contribution in [3.63, 3.8) is 0 Å². The molecule has 4 heteroatoms. The van der Waals surface area contributed by atoms with Gasteiger partial charge in [0, 0.05) is 20.7 Å². The van der Waals surface area contributed by atoms with Crippen molar-refractivity contribution >= 4 is 28.3 Å². The van der Waals surface area contributed by atoms with Gasteiger partial charge in [-0.2, -0.15) is 0 Å².